The summed E-state index contributed by atoms with van der Waals surface area (Å²) in [6.45, 7) is 4.13. The number of rotatable bonds is 1. The van der Waals surface area contributed by atoms with Crippen LogP contribution in [0.1, 0.15) is 31.0 Å². The van der Waals surface area contributed by atoms with E-state index in [0.29, 0.717) is 11.5 Å². The van der Waals surface area contributed by atoms with Crippen molar-refractivity contribution in [2.45, 2.75) is 19.8 Å². The zero-order valence-electron chi connectivity index (χ0n) is 8.40. The first-order valence-corrected chi connectivity index (χ1v) is 5.36. The Morgan fingerprint density at radius 2 is 2.27 bits per heavy atom. The van der Waals surface area contributed by atoms with Crippen molar-refractivity contribution in [2.75, 3.05) is 0 Å². The quantitative estimate of drug-likeness (QED) is 0.795. The zero-order valence-corrected chi connectivity index (χ0v) is 9.98. The fraction of sp³-hybridized carbons (Fsp3) is 0.300. The Morgan fingerprint density at radius 3 is 2.87 bits per heavy atom. The third-order valence-electron chi connectivity index (χ3n) is 2.12. The van der Waals surface area contributed by atoms with Crippen LogP contribution >= 0.6 is 15.9 Å². The maximum Gasteiger partial charge on any atom is 0.169 e. The smallest absolute Gasteiger partial charge is 0.169 e. The van der Waals surface area contributed by atoms with Gasteiger partial charge in [-0.05, 0) is 21.8 Å². The Labute approximate surface area is 95.7 Å². The van der Waals surface area contributed by atoms with Crippen molar-refractivity contribution in [3.05, 3.63) is 28.1 Å². The van der Waals surface area contributed by atoms with Gasteiger partial charge >= 0.3 is 0 Å². The molecule has 0 saturated heterocycles. The van der Waals surface area contributed by atoms with E-state index in [2.05, 4.69) is 39.9 Å². The summed E-state index contributed by atoms with van der Waals surface area (Å²) in [5.74, 6) is 0.326. The Bertz CT molecular complexity index is 550. The Balaban J connectivity index is 2.72. The number of aromatic nitrogens is 3. The van der Waals surface area contributed by atoms with Crippen molar-refractivity contribution in [3.8, 4) is 6.07 Å². The summed E-state index contributed by atoms with van der Waals surface area (Å²) in [6.07, 6.45) is 3.23. The van der Waals surface area contributed by atoms with Crippen LogP contribution < -0.4 is 0 Å². The van der Waals surface area contributed by atoms with Crippen molar-refractivity contribution in [3.63, 3.8) is 0 Å². The Hall–Kier alpha value is -1.41. The fourth-order valence-corrected chi connectivity index (χ4v) is 2.17. The predicted molar refractivity (Wildman–Crippen MR) is 59.5 cm³/mol. The molecule has 4 nitrogen and oxygen atoms in total. The lowest BCUT2D eigenvalue weighted by Gasteiger charge is -1.97. The molecule has 0 aliphatic carbocycles. The first-order chi connectivity index (χ1) is 7.13. The van der Waals surface area contributed by atoms with Crippen molar-refractivity contribution in [1.82, 2.24) is 14.6 Å². The molecule has 2 rings (SSSR count). The highest BCUT2D eigenvalue weighted by molar-refractivity contribution is 9.10. The molecule has 5 heteroatoms. The van der Waals surface area contributed by atoms with E-state index in [4.69, 9.17) is 5.26 Å². The standard InChI is InChI=1S/C10H9BrN4/c1-6(2)9-8(11)10-13-4-7(3-12)5-15(10)14-9/h4-6H,1-2H3. The first kappa shape index (κ1) is 10.1. The van der Waals surface area contributed by atoms with Gasteiger partial charge in [-0.25, -0.2) is 9.50 Å². The van der Waals surface area contributed by atoms with E-state index in [1.807, 2.05) is 6.07 Å². The van der Waals surface area contributed by atoms with Crippen molar-refractivity contribution in [2.24, 2.45) is 0 Å². The lowest BCUT2D eigenvalue weighted by molar-refractivity contribution is 0.783. The molecule has 2 aromatic rings. The molecule has 0 spiro atoms. The van der Waals surface area contributed by atoms with Gasteiger partial charge in [-0.3, -0.25) is 0 Å². The molecule has 0 aliphatic rings. The molecule has 0 saturated carbocycles. The van der Waals surface area contributed by atoms with Crippen LogP contribution in [0.5, 0.6) is 0 Å². The summed E-state index contributed by atoms with van der Waals surface area (Å²) in [5, 5.41) is 13.1. The average molecular weight is 265 g/mol. The molecule has 0 atom stereocenters. The Morgan fingerprint density at radius 1 is 1.53 bits per heavy atom. The number of halogens is 1. The van der Waals surface area contributed by atoms with Crippen LogP contribution in [0.25, 0.3) is 5.65 Å². The molecule has 0 bridgehead atoms. The van der Waals surface area contributed by atoms with E-state index in [0.717, 1.165) is 15.8 Å². The number of hydrogen-bond donors (Lipinski definition) is 0. The Kier molecular flexibility index (Phi) is 2.45. The molecule has 0 fully saturated rings. The van der Waals surface area contributed by atoms with Crippen molar-refractivity contribution >= 4 is 21.6 Å². The van der Waals surface area contributed by atoms with Crippen LogP contribution in [0, 0.1) is 11.3 Å². The molecule has 76 valence electrons. The van der Waals surface area contributed by atoms with Gasteiger partial charge in [0, 0.05) is 6.20 Å². The minimum Gasteiger partial charge on any atom is -0.235 e. The maximum atomic E-state index is 8.74. The zero-order chi connectivity index (χ0) is 11.0. The number of fused-ring (bicyclic) bond motifs is 1. The number of hydrogen-bond acceptors (Lipinski definition) is 3. The maximum absolute atomic E-state index is 8.74. The molecule has 2 aromatic heterocycles. The third-order valence-corrected chi connectivity index (χ3v) is 2.88. The molecule has 0 aromatic carbocycles. The van der Waals surface area contributed by atoms with Crippen LogP contribution in [-0.2, 0) is 0 Å². The van der Waals surface area contributed by atoms with Crippen LogP contribution in [0.3, 0.4) is 0 Å². The van der Waals surface area contributed by atoms with E-state index >= 15 is 0 Å². The highest BCUT2D eigenvalue weighted by Crippen LogP contribution is 2.26. The van der Waals surface area contributed by atoms with Crippen molar-refractivity contribution < 1.29 is 0 Å². The monoisotopic (exact) mass is 264 g/mol. The molecule has 15 heavy (non-hydrogen) atoms. The average Bonchev–Trinajstić information content (AvgIpc) is 2.55. The van der Waals surface area contributed by atoms with Crippen LogP contribution in [0.15, 0.2) is 16.9 Å². The molecule has 0 N–H and O–H groups in total. The first-order valence-electron chi connectivity index (χ1n) is 4.57. The number of nitriles is 1. The van der Waals surface area contributed by atoms with Gasteiger partial charge in [0.25, 0.3) is 0 Å². The minimum atomic E-state index is 0.326. The molecule has 0 aliphatic heterocycles. The lowest BCUT2D eigenvalue weighted by Crippen LogP contribution is -1.93. The second-order valence-corrected chi connectivity index (χ2v) is 4.37. The SMILES string of the molecule is CC(C)c1nn2cc(C#N)cnc2c1Br. The fourth-order valence-electron chi connectivity index (χ4n) is 1.35. The number of nitrogens with zero attached hydrogens (tertiary/aromatic N) is 4. The normalized spacial score (nSPS) is 10.9. The van der Waals surface area contributed by atoms with Gasteiger partial charge in [0.15, 0.2) is 5.65 Å². The summed E-state index contributed by atoms with van der Waals surface area (Å²) in [5.41, 5.74) is 2.21. The summed E-state index contributed by atoms with van der Waals surface area (Å²) in [6, 6.07) is 2.04. The van der Waals surface area contributed by atoms with Gasteiger partial charge in [-0.2, -0.15) is 10.4 Å². The highest BCUT2D eigenvalue weighted by Gasteiger charge is 2.14. The van der Waals surface area contributed by atoms with E-state index in [1.165, 1.54) is 0 Å². The van der Waals surface area contributed by atoms with Gasteiger partial charge in [0.05, 0.1) is 21.9 Å². The van der Waals surface area contributed by atoms with E-state index in [1.54, 1.807) is 16.9 Å². The van der Waals surface area contributed by atoms with Crippen LogP contribution in [0.4, 0.5) is 0 Å². The molecular weight excluding hydrogens is 256 g/mol. The summed E-state index contributed by atoms with van der Waals surface area (Å²) in [7, 11) is 0. The van der Waals surface area contributed by atoms with Crippen LogP contribution in [0.2, 0.25) is 0 Å². The van der Waals surface area contributed by atoms with E-state index in [9.17, 15) is 0 Å². The molecule has 0 unspecified atom stereocenters. The van der Waals surface area contributed by atoms with Crippen LogP contribution in [-0.4, -0.2) is 14.6 Å². The van der Waals surface area contributed by atoms with Gasteiger partial charge in [0.2, 0.25) is 0 Å². The van der Waals surface area contributed by atoms with Crippen molar-refractivity contribution in [1.29, 1.82) is 5.26 Å². The summed E-state index contributed by atoms with van der Waals surface area (Å²) < 4.78 is 2.54. The highest BCUT2D eigenvalue weighted by atomic mass is 79.9. The molecular formula is C10H9BrN4. The van der Waals surface area contributed by atoms with Gasteiger partial charge < -0.3 is 0 Å². The minimum absolute atomic E-state index is 0.326. The molecule has 0 amide bonds. The predicted octanol–water partition coefficient (Wildman–Crippen LogP) is 2.49. The second kappa shape index (κ2) is 3.63. The second-order valence-electron chi connectivity index (χ2n) is 3.58. The van der Waals surface area contributed by atoms with Gasteiger partial charge in [-0.15, -0.1) is 0 Å². The summed E-state index contributed by atoms with van der Waals surface area (Å²) >= 11 is 3.47. The van der Waals surface area contributed by atoms with E-state index in [-0.39, 0.29) is 0 Å². The van der Waals surface area contributed by atoms with Gasteiger partial charge in [0.1, 0.15) is 6.07 Å². The van der Waals surface area contributed by atoms with E-state index < -0.39 is 0 Å². The molecule has 0 radical (unpaired) electrons. The molecule has 2 heterocycles. The summed E-state index contributed by atoms with van der Waals surface area (Å²) in [4.78, 5) is 4.19. The topological polar surface area (TPSA) is 54.0 Å². The van der Waals surface area contributed by atoms with Gasteiger partial charge in [-0.1, -0.05) is 13.8 Å². The third kappa shape index (κ3) is 1.61. The lowest BCUT2D eigenvalue weighted by atomic mass is 10.1. The largest absolute Gasteiger partial charge is 0.235 e.